The molecule has 0 aliphatic heterocycles. The van der Waals surface area contributed by atoms with Crippen molar-refractivity contribution in [3.63, 3.8) is 0 Å². The molecule has 1 heterocycles. The van der Waals surface area contributed by atoms with E-state index in [1.54, 1.807) is 4.90 Å². The van der Waals surface area contributed by atoms with Gasteiger partial charge in [0.25, 0.3) is 5.91 Å². The van der Waals surface area contributed by atoms with Crippen LogP contribution in [0.15, 0.2) is 28.7 Å². The molecule has 2 aromatic rings. The molecule has 1 aliphatic rings. The number of aromatic nitrogens is 1. The zero-order chi connectivity index (χ0) is 15.0. The van der Waals surface area contributed by atoms with Crippen LogP contribution in [0.1, 0.15) is 40.2 Å². The van der Waals surface area contributed by atoms with Crippen LogP contribution in [0.5, 0.6) is 0 Å². The third kappa shape index (κ3) is 2.77. The zero-order valence-electron chi connectivity index (χ0n) is 12.4. The summed E-state index contributed by atoms with van der Waals surface area (Å²) in [5.74, 6) is 0.00829. The largest absolute Gasteiger partial charge is 0.354 e. The monoisotopic (exact) mass is 346 g/mol. The Morgan fingerprint density at radius 3 is 2.71 bits per heavy atom. The molecule has 0 spiro atoms. The van der Waals surface area contributed by atoms with Crippen LogP contribution < -0.4 is 4.90 Å². The second kappa shape index (κ2) is 5.68. The molecule has 1 amide bonds. The lowest BCUT2D eigenvalue weighted by Crippen LogP contribution is -2.26. The van der Waals surface area contributed by atoms with Gasteiger partial charge >= 0.3 is 0 Å². The number of hydrogen-bond acceptors (Lipinski definition) is 1. The second-order valence-corrected chi connectivity index (χ2v) is 6.57. The molecular formula is C17H19BrN2O. The van der Waals surface area contributed by atoms with Crippen LogP contribution in [0, 0.1) is 6.92 Å². The van der Waals surface area contributed by atoms with Gasteiger partial charge in [0.2, 0.25) is 0 Å². The third-order valence-corrected chi connectivity index (χ3v) is 4.75. The SMILES string of the molecule is Cc1ccc(N(C)C(=O)c2cc3c([nH]2)CCCC3)c(Br)c1. The van der Waals surface area contributed by atoms with Crippen molar-refractivity contribution < 1.29 is 4.79 Å². The molecule has 0 saturated carbocycles. The Balaban J connectivity index is 1.88. The van der Waals surface area contributed by atoms with Crippen LogP contribution in [-0.2, 0) is 12.8 Å². The van der Waals surface area contributed by atoms with E-state index < -0.39 is 0 Å². The molecule has 21 heavy (non-hydrogen) atoms. The minimum absolute atomic E-state index is 0.00829. The van der Waals surface area contributed by atoms with E-state index >= 15 is 0 Å². The Labute approximate surface area is 133 Å². The summed E-state index contributed by atoms with van der Waals surface area (Å²) in [6.45, 7) is 2.04. The van der Waals surface area contributed by atoms with Gasteiger partial charge in [0, 0.05) is 17.2 Å². The summed E-state index contributed by atoms with van der Waals surface area (Å²) in [6.07, 6.45) is 4.57. The van der Waals surface area contributed by atoms with Crippen molar-refractivity contribution in [1.29, 1.82) is 0 Å². The van der Waals surface area contributed by atoms with Gasteiger partial charge in [-0.05, 0) is 77.9 Å². The van der Waals surface area contributed by atoms with E-state index in [0.29, 0.717) is 5.69 Å². The van der Waals surface area contributed by atoms with Crippen LogP contribution in [0.3, 0.4) is 0 Å². The number of aryl methyl sites for hydroxylation is 3. The second-order valence-electron chi connectivity index (χ2n) is 5.71. The summed E-state index contributed by atoms with van der Waals surface area (Å²) in [4.78, 5) is 17.7. The van der Waals surface area contributed by atoms with Crippen molar-refractivity contribution in [2.45, 2.75) is 32.6 Å². The maximum absolute atomic E-state index is 12.7. The van der Waals surface area contributed by atoms with E-state index in [4.69, 9.17) is 0 Å². The maximum atomic E-state index is 12.7. The molecule has 0 unspecified atom stereocenters. The van der Waals surface area contributed by atoms with Gasteiger partial charge < -0.3 is 9.88 Å². The van der Waals surface area contributed by atoms with Gasteiger partial charge in [0.15, 0.2) is 0 Å². The quantitative estimate of drug-likeness (QED) is 0.867. The van der Waals surface area contributed by atoms with E-state index in [9.17, 15) is 4.79 Å². The summed E-state index contributed by atoms with van der Waals surface area (Å²) >= 11 is 3.54. The Bertz CT molecular complexity index is 667. The van der Waals surface area contributed by atoms with E-state index in [0.717, 1.165) is 23.0 Å². The average molecular weight is 347 g/mol. The summed E-state index contributed by atoms with van der Waals surface area (Å²) < 4.78 is 0.940. The number of rotatable bonds is 2. The first-order chi connectivity index (χ1) is 10.1. The van der Waals surface area contributed by atoms with Crippen molar-refractivity contribution in [1.82, 2.24) is 4.98 Å². The van der Waals surface area contributed by atoms with Gasteiger partial charge in [0.1, 0.15) is 5.69 Å². The lowest BCUT2D eigenvalue weighted by atomic mass is 9.98. The number of anilines is 1. The minimum Gasteiger partial charge on any atom is -0.354 e. The fourth-order valence-electron chi connectivity index (χ4n) is 2.89. The Kier molecular flexibility index (Phi) is 3.89. The molecule has 0 radical (unpaired) electrons. The molecule has 0 bridgehead atoms. The van der Waals surface area contributed by atoms with Crippen molar-refractivity contribution in [2.24, 2.45) is 0 Å². The van der Waals surface area contributed by atoms with Crippen molar-refractivity contribution in [2.75, 3.05) is 11.9 Å². The number of nitrogens with one attached hydrogen (secondary N) is 1. The van der Waals surface area contributed by atoms with Crippen LogP contribution >= 0.6 is 15.9 Å². The highest BCUT2D eigenvalue weighted by Crippen LogP contribution is 2.28. The van der Waals surface area contributed by atoms with Gasteiger partial charge in [-0.1, -0.05) is 6.07 Å². The first kappa shape index (κ1) is 14.4. The Hall–Kier alpha value is -1.55. The average Bonchev–Trinajstić information content (AvgIpc) is 2.89. The summed E-state index contributed by atoms with van der Waals surface area (Å²) in [6, 6.07) is 8.04. The van der Waals surface area contributed by atoms with Crippen molar-refractivity contribution in [3.05, 3.63) is 51.3 Å². The van der Waals surface area contributed by atoms with Gasteiger partial charge in [0.05, 0.1) is 5.69 Å². The Morgan fingerprint density at radius 2 is 2.00 bits per heavy atom. The first-order valence-electron chi connectivity index (χ1n) is 7.31. The van der Waals surface area contributed by atoms with Crippen molar-refractivity contribution >= 4 is 27.5 Å². The van der Waals surface area contributed by atoms with E-state index in [1.807, 2.05) is 38.2 Å². The molecule has 1 aromatic carbocycles. The molecule has 1 N–H and O–H groups in total. The number of nitrogens with zero attached hydrogens (tertiary/aromatic N) is 1. The number of halogens is 1. The predicted octanol–water partition coefficient (Wildman–Crippen LogP) is 4.24. The van der Waals surface area contributed by atoms with Crippen LogP contribution in [0.4, 0.5) is 5.69 Å². The lowest BCUT2D eigenvalue weighted by molar-refractivity contribution is 0.0988. The van der Waals surface area contributed by atoms with Gasteiger partial charge in [-0.3, -0.25) is 4.79 Å². The Morgan fingerprint density at radius 1 is 1.24 bits per heavy atom. The summed E-state index contributed by atoms with van der Waals surface area (Å²) in [7, 11) is 1.82. The summed E-state index contributed by atoms with van der Waals surface area (Å²) in [5.41, 5.74) is 5.29. The maximum Gasteiger partial charge on any atom is 0.274 e. The molecule has 3 rings (SSSR count). The molecule has 0 fully saturated rings. The smallest absolute Gasteiger partial charge is 0.274 e. The topological polar surface area (TPSA) is 36.1 Å². The van der Waals surface area contributed by atoms with Gasteiger partial charge in [-0.25, -0.2) is 0 Å². The molecule has 1 aliphatic carbocycles. The molecule has 4 heteroatoms. The fourth-order valence-corrected chi connectivity index (χ4v) is 3.65. The van der Waals surface area contributed by atoms with Crippen molar-refractivity contribution in [3.8, 4) is 0 Å². The number of hydrogen-bond donors (Lipinski definition) is 1. The number of carbonyl (C=O) groups is 1. The molecule has 0 atom stereocenters. The summed E-state index contributed by atoms with van der Waals surface area (Å²) in [5, 5.41) is 0. The number of H-pyrrole nitrogens is 1. The number of fused-ring (bicyclic) bond motifs is 1. The minimum atomic E-state index is 0.00829. The highest BCUT2D eigenvalue weighted by Gasteiger charge is 2.20. The molecule has 0 saturated heterocycles. The van der Waals surface area contributed by atoms with Crippen LogP contribution in [0.2, 0.25) is 0 Å². The van der Waals surface area contributed by atoms with Gasteiger partial charge in [-0.15, -0.1) is 0 Å². The number of benzene rings is 1. The normalized spacial score (nSPS) is 13.9. The van der Waals surface area contributed by atoms with Crippen LogP contribution in [0.25, 0.3) is 0 Å². The number of amides is 1. The fraction of sp³-hybridized carbons (Fsp3) is 0.353. The van der Waals surface area contributed by atoms with Gasteiger partial charge in [-0.2, -0.15) is 0 Å². The molecule has 1 aromatic heterocycles. The van der Waals surface area contributed by atoms with E-state index in [2.05, 4.69) is 20.9 Å². The molecular weight excluding hydrogens is 328 g/mol. The van der Waals surface area contributed by atoms with E-state index in [1.165, 1.54) is 29.7 Å². The first-order valence-corrected chi connectivity index (χ1v) is 8.10. The van der Waals surface area contributed by atoms with Crippen LogP contribution in [-0.4, -0.2) is 17.9 Å². The molecule has 3 nitrogen and oxygen atoms in total. The highest BCUT2D eigenvalue weighted by molar-refractivity contribution is 9.10. The van der Waals surface area contributed by atoms with E-state index in [-0.39, 0.29) is 5.91 Å². The standard InChI is InChI=1S/C17H19BrN2O/c1-11-7-8-16(13(18)9-11)20(2)17(21)15-10-12-5-3-4-6-14(12)19-15/h7-10,19H,3-6H2,1-2H3. The molecule has 110 valence electrons. The number of carbonyl (C=O) groups excluding carboxylic acids is 1. The lowest BCUT2D eigenvalue weighted by Gasteiger charge is -2.18. The number of aromatic amines is 1. The third-order valence-electron chi connectivity index (χ3n) is 4.11. The predicted molar refractivity (Wildman–Crippen MR) is 89.0 cm³/mol. The zero-order valence-corrected chi connectivity index (χ0v) is 14.0. The highest BCUT2D eigenvalue weighted by atomic mass is 79.9.